The zero-order valence-electron chi connectivity index (χ0n) is 12.2. The van der Waals surface area contributed by atoms with Crippen molar-refractivity contribution in [2.45, 2.75) is 58.6 Å². The van der Waals surface area contributed by atoms with E-state index in [4.69, 9.17) is 4.74 Å². The van der Waals surface area contributed by atoms with Crippen LogP contribution in [0.1, 0.15) is 47.0 Å². The molecule has 0 aromatic rings. The average molecular weight is 273 g/mol. The number of ketones is 1. The lowest BCUT2D eigenvalue weighted by atomic mass is 10.1. The highest BCUT2D eigenvalue weighted by atomic mass is 16.6. The molecule has 0 aromatic heterocycles. The van der Waals surface area contributed by atoms with Crippen molar-refractivity contribution in [1.82, 2.24) is 5.32 Å². The lowest BCUT2D eigenvalue weighted by Crippen LogP contribution is -2.44. The molecular weight excluding hydrogens is 250 g/mol. The summed E-state index contributed by atoms with van der Waals surface area (Å²) in [7, 11) is 1.25. The molecule has 0 fully saturated rings. The Hall–Kier alpha value is -1.59. The topological polar surface area (TPSA) is 81.7 Å². The highest BCUT2D eigenvalue weighted by Crippen LogP contribution is 2.09. The minimum atomic E-state index is -0.792. The summed E-state index contributed by atoms with van der Waals surface area (Å²) >= 11 is 0. The molecule has 0 saturated carbocycles. The molecule has 0 saturated heterocycles. The first-order valence-corrected chi connectivity index (χ1v) is 6.22. The van der Waals surface area contributed by atoms with Crippen molar-refractivity contribution in [2.75, 3.05) is 7.11 Å². The standard InChI is InChI=1S/C13H23NO5/c1-9(15)7-6-8-10(11(16)18-5)14-12(17)19-13(2,3)4/h10H,6-8H2,1-5H3,(H,14,17)/t10-/m0/s1. The lowest BCUT2D eigenvalue weighted by Gasteiger charge is -2.22. The largest absolute Gasteiger partial charge is 0.467 e. The molecule has 0 rings (SSSR count). The van der Waals surface area contributed by atoms with Gasteiger partial charge in [-0.15, -0.1) is 0 Å². The van der Waals surface area contributed by atoms with E-state index in [1.165, 1.54) is 14.0 Å². The van der Waals surface area contributed by atoms with Crippen LogP contribution in [0, 0.1) is 0 Å². The predicted octanol–water partition coefficient (Wildman–Crippen LogP) is 1.81. The predicted molar refractivity (Wildman–Crippen MR) is 69.7 cm³/mol. The van der Waals surface area contributed by atoms with Crippen LogP contribution in [0.4, 0.5) is 4.79 Å². The van der Waals surface area contributed by atoms with Crippen molar-refractivity contribution in [3.63, 3.8) is 0 Å². The maximum Gasteiger partial charge on any atom is 0.408 e. The summed E-state index contributed by atoms with van der Waals surface area (Å²) in [6.07, 6.45) is 0.533. The third kappa shape index (κ3) is 9.04. The number of ether oxygens (including phenoxy) is 2. The molecule has 110 valence electrons. The van der Waals surface area contributed by atoms with Gasteiger partial charge in [0.15, 0.2) is 0 Å². The molecule has 6 heteroatoms. The van der Waals surface area contributed by atoms with Crippen molar-refractivity contribution in [1.29, 1.82) is 0 Å². The number of methoxy groups -OCH3 is 1. The van der Waals surface area contributed by atoms with E-state index in [0.29, 0.717) is 19.3 Å². The molecule has 0 heterocycles. The van der Waals surface area contributed by atoms with Gasteiger partial charge in [0.1, 0.15) is 17.4 Å². The first kappa shape index (κ1) is 17.4. The summed E-state index contributed by atoms with van der Waals surface area (Å²) in [5.74, 6) is -0.504. The molecule has 0 aliphatic heterocycles. The number of nitrogens with one attached hydrogen (secondary N) is 1. The van der Waals surface area contributed by atoms with Gasteiger partial charge in [0.2, 0.25) is 0 Å². The number of hydrogen-bond acceptors (Lipinski definition) is 5. The summed E-state index contributed by atoms with van der Waals surface area (Å²) in [5, 5.41) is 2.45. The minimum absolute atomic E-state index is 0.0425. The van der Waals surface area contributed by atoms with Gasteiger partial charge in [-0.05, 0) is 40.5 Å². The van der Waals surface area contributed by atoms with Gasteiger partial charge < -0.3 is 19.6 Å². The van der Waals surface area contributed by atoms with Gasteiger partial charge in [-0.25, -0.2) is 9.59 Å². The lowest BCUT2D eigenvalue weighted by molar-refractivity contribution is -0.143. The SMILES string of the molecule is COC(=O)[C@H](CCCC(C)=O)NC(=O)OC(C)(C)C. The van der Waals surface area contributed by atoms with E-state index in [2.05, 4.69) is 10.1 Å². The summed E-state index contributed by atoms with van der Waals surface area (Å²) in [6, 6.07) is -0.792. The average Bonchev–Trinajstić information content (AvgIpc) is 2.23. The Bertz CT molecular complexity index is 332. The Kier molecular flexibility index (Phi) is 7.11. The second kappa shape index (κ2) is 7.76. The molecule has 1 amide bonds. The van der Waals surface area contributed by atoms with Crippen molar-refractivity contribution in [3.8, 4) is 0 Å². The van der Waals surface area contributed by atoms with Crippen LogP contribution in [-0.2, 0) is 19.1 Å². The van der Waals surface area contributed by atoms with E-state index >= 15 is 0 Å². The zero-order chi connectivity index (χ0) is 15.1. The molecular formula is C13H23NO5. The molecule has 19 heavy (non-hydrogen) atoms. The quantitative estimate of drug-likeness (QED) is 0.746. The van der Waals surface area contributed by atoms with Gasteiger partial charge in [0.25, 0.3) is 0 Å². The van der Waals surface area contributed by atoms with Crippen LogP contribution in [0.25, 0.3) is 0 Å². The maximum atomic E-state index is 11.6. The van der Waals surface area contributed by atoms with Crippen LogP contribution in [-0.4, -0.2) is 36.6 Å². The monoisotopic (exact) mass is 273 g/mol. The minimum Gasteiger partial charge on any atom is -0.467 e. The molecule has 0 bridgehead atoms. The first-order chi connectivity index (χ1) is 8.65. The summed E-state index contributed by atoms with van der Waals surface area (Å²) < 4.78 is 9.67. The molecule has 0 aromatic carbocycles. The van der Waals surface area contributed by atoms with Crippen LogP contribution >= 0.6 is 0 Å². The highest BCUT2D eigenvalue weighted by Gasteiger charge is 2.24. The maximum absolute atomic E-state index is 11.6. The van der Waals surface area contributed by atoms with Crippen LogP contribution in [0.2, 0.25) is 0 Å². The zero-order valence-corrected chi connectivity index (χ0v) is 12.2. The fourth-order valence-corrected chi connectivity index (χ4v) is 1.40. The first-order valence-electron chi connectivity index (χ1n) is 6.22. The summed E-state index contributed by atoms with van der Waals surface area (Å²) in [4.78, 5) is 33.9. The third-order valence-corrected chi connectivity index (χ3v) is 2.20. The number of amides is 1. The molecule has 0 aliphatic rings. The number of alkyl carbamates (subject to hydrolysis) is 1. The van der Waals surface area contributed by atoms with Gasteiger partial charge in [-0.3, -0.25) is 0 Å². The van der Waals surface area contributed by atoms with Gasteiger partial charge in [-0.2, -0.15) is 0 Å². The van der Waals surface area contributed by atoms with E-state index in [1.807, 2.05) is 0 Å². The molecule has 1 N–H and O–H groups in total. The number of carbonyl (C=O) groups excluding carboxylic acids is 3. The fraction of sp³-hybridized carbons (Fsp3) is 0.769. The summed E-state index contributed by atoms with van der Waals surface area (Å²) in [5.41, 5.74) is -0.635. The van der Waals surface area contributed by atoms with Gasteiger partial charge in [-0.1, -0.05) is 0 Å². The van der Waals surface area contributed by atoms with E-state index in [1.54, 1.807) is 20.8 Å². The second-order valence-electron chi connectivity index (χ2n) is 5.32. The normalized spacial score (nSPS) is 12.5. The van der Waals surface area contributed by atoms with Gasteiger partial charge in [0, 0.05) is 6.42 Å². The van der Waals surface area contributed by atoms with Crippen molar-refractivity contribution in [2.24, 2.45) is 0 Å². The van der Waals surface area contributed by atoms with Crippen molar-refractivity contribution in [3.05, 3.63) is 0 Å². The van der Waals surface area contributed by atoms with E-state index < -0.39 is 23.7 Å². The number of rotatable bonds is 6. The van der Waals surface area contributed by atoms with E-state index in [-0.39, 0.29) is 5.78 Å². The second-order valence-corrected chi connectivity index (χ2v) is 5.32. The number of hydrogen-bond donors (Lipinski definition) is 1. The molecule has 0 radical (unpaired) electrons. The van der Waals surface area contributed by atoms with Crippen LogP contribution in [0.3, 0.4) is 0 Å². The Labute approximate surface area is 113 Å². The van der Waals surface area contributed by atoms with E-state index in [9.17, 15) is 14.4 Å². The van der Waals surface area contributed by atoms with Crippen molar-refractivity contribution >= 4 is 17.8 Å². The molecule has 0 spiro atoms. The Morgan fingerprint density at radius 2 is 1.79 bits per heavy atom. The highest BCUT2D eigenvalue weighted by molar-refractivity contribution is 5.81. The number of esters is 1. The molecule has 6 nitrogen and oxygen atoms in total. The van der Waals surface area contributed by atoms with E-state index in [0.717, 1.165) is 0 Å². The van der Waals surface area contributed by atoms with Crippen molar-refractivity contribution < 1.29 is 23.9 Å². The van der Waals surface area contributed by atoms with Crippen LogP contribution in [0.5, 0.6) is 0 Å². The number of Topliss-reactive ketones (excluding diaryl/α,β-unsaturated/α-hetero) is 1. The van der Waals surface area contributed by atoms with Crippen LogP contribution in [0.15, 0.2) is 0 Å². The van der Waals surface area contributed by atoms with Gasteiger partial charge >= 0.3 is 12.1 Å². The van der Waals surface area contributed by atoms with Crippen LogP contribution < -0.4 is 5.32 Å². The fourth-order valence-electron chi connectivity index (χ4n) is 1.40. The van der Waals surface area contributed by atoms with Gasteiger partial charge in [0.05, 0.1) is 7.11 Å². The molecule has 0 unspecified atom stereocenters. The smallest absolute Gasteiger partial charge is 0.408 e. The Morgan fingerprint density at radius 1 is 1.21 bits per heavy atom. The summed E-state index contributed by atoms with van der Waals surface area (Å²) in [6.45, 7) is 6.68. The Balaban J connectivity index is 4.39. The number of carbonyl (C=O) groups is 3. The Morgan fingerprint density at radius 3 is 2.21 bits per heavy atom. The third-order valence-electron chi connectivity index (χ3n) is 2.20. The molecule has 1 atom stereocenters. The molecule has 0 aliphatic carbocycles.